The maximum absolute atomic E-state index is 10.8. The summed E-state index contributed by atoms with van der Waals surface area (Å²) in [6, 6.07) is 0. The molecule has 0 fully saturated rings. The zero-order chi connectivity index (χ0) is 11.0. The Kier molecular flexibility index (Phi) is 2.50. The van der Waals surface area contributed by atoms with Crippen molar-refractivity contribution >= 4 is 5.97 Å². The van der Waals surface area contributed by atoms with Crippen molar-refractivity contribution in [2.75, 3.05) is 0 Å². The molecule has 1 aromatic rings. The largest absolute Gasteiger partial charge is 0.481 e. The summed E-state index contributed by atoms with van der Waals surface area (Å²) < 4.78 is 1.85. The van der Waals surface area contributed by atoms with Gasteiger partial charge < -0.3 is 5.11 Å². The van der Waals surface area contributed by atoms with Gasteiger partial charge in [0.1, 0.15) is 0 Å². The minimum atomic E-state index is -0.733. The molecule has 0 amide bonds. The average Bonchev–Trinajstić information content (AvgIpc) is 2.69. The maximum atomic E-state index is 10.8. The second-order valence-electron chi connectivity index (χ2n) is 4.29. The Bertz CT molecular complexity index is 396. The Balaban J connectivity index is 2.24. The number of nitrogens with zero attached hydrogens (tertiary/aromatic N) is 2. The summed E-state index contributed by atoms with van der Waals surface area (Å²) in [5.74, 6) is -1.06. The maximum Gasteiger partial charge on any atom is 0.306 e. The average molecular weight is 208 g/mol. The first kappa shape index (κ1) is 10.2. The second kappa shape index (κ2) is 3.68. The fraction of sp³-hybridized carbons (Fsp3) is 0.636. The predicted molar refractivity (Wildman–Crippen MR) is 55.7 cm³/mol. The first-order valence-corrected chi connectivity index (χ1v) is 5.36. The van der Waals surface area contributed by atoms with E-state index in [0.717, 1.165) is 25.0 Å². The van der Waals surface area contributed by atoms with Crippen molar-refractivity contribution in [2.45, 2.75) is 32.6 Å². The van der Waals surface area contributed by atoms with Gasteiger partial charge in [-0.1, -0.05) is 6.92 Å². The molecule has 1 aliphatic carbocycles. The summed E-state index contributed by atoms with van der Waals surface area (Å²) in [7, 11) is 1.90. The normalized spacial score (nSPS) is 16.4. The van der Waals surface area contributed by atoms with Gasteiger partial charge in [-0.15, -0.1) is 0 Å². The fourth-order valence-electron chi connectivity index (χ4n) is 2.22. The van der Waals surface area contributed by atoms with Gasteiger partial charge in [0.15, 0.2) is 0 Å². The number of fused-ring (bicyclic) bond motifs is 1. The van der Waals surface area contributed by atoms with Crippen LogP contribution in [-0.4, -0.2) is 20.9 Å². The smallest absolute Gasteiger partial charge is 0.306 e. The van der Waals surface area contributed by atoms with Crippen LogP contribution in [0.2, 0.25) is 0 Å². The Hall–Kier alpha value is -1.32. The van der Waals surface area contributed by atoms with Crippen molar-refractivity contribution in [3.63, 3.8) is 0 Å². The van der Waals surface area contributed by atoms with E-state index in [2.05, 4.69) is 5.10 Å². The van der Waals surface area contributed by atoms with Gasteiger partial charge in [-0.25, -0.2) is 0 Å². The number of rotatable bonds is 3. The topological polar surface area (TPSA) is 55.1 Å². The molecule has 0 radical (unpaired) electrons. The van der Waals surface area contributed by atoms with E-state index in [9.17, 15) is 4.79 Å². The summed E-state index contributed by atoms with van der Waals surface area (Å²) in [6.07, 6.45) is 3.86. The molecule has 15 heavy (non-hydrogen) atoms. The highest BCUT2D eigenvalue weighted by Gasteiger charge is 2.23. The highest BCUT2D eigenvalue weighted by molar-refractivity contribution is 5.69. The van der Waals surface area contributed by atoms with Gasteiger partial charge in [0.05, 0.1) is 11.6 Å². The fourth-order valence-corrected chi connectivity index (χ4v) is 2.22. The van der Waals surface area contributed by atoms with E-state index in [0.29, 0.717) is 6.42 Å². The molecule has 1 heterocycles. The summed E-state index contributed by atoms with van der Waals surface area (Å²) >= 11 is 0. The number of carboxylic acids is 1. The van der Waals surface area contributed by atoms with Crippen LogP contribution in [0.5, 0.6) is 0 Å². The molecule has 4 nitrogen and oxygen atoms in total. The third kappa shape index (κ3) is 1.76. The molecule has 1 aromatic heterocycles. The van der Waals surface area contributed by atoms with Gasteiger partial charge in [-0.05, 0) is 24.8 Å². The van der Waals surface area contributed by atoms with Crippen molar-refractivity contribution in [2.24, 2.45) is 13.0 Å². The Morgan fingerprint density at radius 2 is 2.33 bits per heavy atom. The summed E-state index contributed by atoms with van der Waals surface area (Å²) in [6.45, 7) is 1.75. The molecule has 0 aliphatic heterocycles. The molecule has 1 aliphatic rings. The number of aromatic nitrogens is 2. The molecule has 2 rings (SSSR count). The molecule has 0 saturated heterocycles. The Labute approximate surface area is 88.9 Å². The number of aliphatic carboxylic acids is 1. The van der Waals surface area contributed by atoms with Crippen LogP contribution in [0.3, 0.4) is 0 Å². The van der Waals surface area contributed by atoms with Gasteiger partial charge >= 0.3 is 5.97 Å². The molecule has 0 saturated carbocycles. The molecule has 0 spiro atoms. The highest BCUT2D eigenvalue weighted by atomic mass is 16.4. The predicted octanol–water partition coefficient (Wildman–Crippen LogP) is 1.17. The standard InChI is InChI=1S/C11H16N2O2/c1-7(11(14)15)6-10-8-4-3-5-9(8)12-13(10)2/h7H,3-6H2,1-2H3,(H,14,15). The quantitative estimate of drug-likeness (QED) is 0.811. The zero-order valence-electron chi connectivity index (χ0n) is 9.16. The third-order valence-electron chi connectivity index (χ3n) is 3.12. The first-order valence-electron chi connectivity index (χ1n) is 5.36. The molecule has 1 N–H and O–H groups in total. The van der Waals surface area contributed by atoms with Gasteiger partial charge in [-0.3, -0.25) is 9.48 Å². The molecule has 4 heteroatoms. The summed E-state index contributed by atoms with van der Waals surface area (Å²) in [5.41, 5.74) is 3.58. The lowest BCUT2D eigenvalue weighted by atomic mass is 10.0. The number of carbonyl (C=O) groups is 1. The monoisotopic (exact) mass is 208 g/mol. The van der Waals surface area contributed by atoms with Gasteiger partial charge in [0.2, 0.25) is 0 Å². The van der Waals surface area contributed by atoms with Crippen molar-refractivity contribution in [1.82, 2.24) is 9.78 Å². The molecular weight excluding hydrogens is 192 g/mol. The van der Waals surface area contributed by atoms with Crippen molar-refractivity contribution in [1.29, 1.82) is 0 Å². The number of carboxylic acid groups (broad SMARTS) is 1. The Morgan fingerprint density at radius 3 is 3.00 bits per heavy atom. The second-order valence-corrected chi connectivity index (χ2v) is 4.29. The molecule has 1 unspecified atom stereocenters. The van der Waals surface area contributed by atoms with Crippen molar-refractivity contribution < 1.29 is 9.90 Å². The van der Waals surface area contributed by atoms with Crippen LogP contribution in [-0.2, 0) is 31.1 Å². The lowest BCUT2D eigenvalue weighted by Gasteiger charge is -2.08. The molecule has 1 atom stereocenters. The zero-order valence-corrected chi connectivity index (χ0v) is 9.16. The van der Waals surface area contributed by atoms with Crippen LogP contribution in [0, 0.1) is 5.92 Å². The van der Waals surface area contributed by atoms with E-state index in [-0.39, 0.29) is 5.92 Å². The number of hydrogen-bond acceptors (Lipinski definition) is 2. The Morgan fingerprint density at radius 1 is 1.60 bits per heavy atom. The molecule has 0 aromatic carbocycles. The van der Waals surface area contributed by atoms with Crippen LogP contribution >= 0.6 is 0 Å². The van der Waals surface area contributed by atoms with Crippen molar-refractivity contribution in [3.8, 4) is 0 Å². The lowest BCUT2D eigenvalue weighted by Crippen LogP contribution is -2.15. The van der Waals surface area contributed by atoms with Crippen molar-refractivity contribution in [3.05, 3.63) is 17.0 Å². The van der Waals surface area contributed by atoms with E-state index in [1.165, 1.54) is 11.3 Å². The van der Waals surface area contributed by atoms with Crippen LogP contribution in [0.4, 0.5) is 0 Å². The highest BCUT2D eigenvalue weighted by Crippen LogP contribution is 2.26. The van der Waals surface area contributed by atoms with Crippen LogP contribution in [0.1, 0.15) is 30.3 Å². The number of hydrogen-bond donors (Lipinski definition) is 1. The van der Waals surface area contributed by atoms with E-state index in [1.807, 2.05) is 11.7 Å². The third-order valence-corrected chi connectivity index (χ3v) is 3.12. The van der Waals surface area contributed by atoms with E-state index in [1.54, 1.807) is 6.92 Å². The van der Waals surface area contributed by atoms with Gasteiger partial charge in [0.25, 0.3) is 0 Å². The van der Waals surface area contributed by atoms with Crippen LogP contribution in [0.25, 0.3) is 0 Å². The van der Waals surface area contributed by atoms with Crippen LogP contribution < -0.4 is 0 Å². The van der Waals surface area contributed by atoms with E-state index >= 15 is 0 Å². The summed E-state index contributed by atoms with van der Waals surface area (Å²) in [5, 5.41) is 13.3. The number of aryl methyl sites for hydroxylation is 2. The molecular formula is C11H16N2O2. The minimum absolute atomic E-state index is 0.329. The van der Waals surface area contributed by atoms with Gasteiger partial charge in [0, 0.05) is 19.2 Å². The SMILES string of the molecule is CC(Cc1c2c(nn1C)CCC2)C(=O)O. The van der Waals surface area contributed by atoms with E-state index in [4.69, 9.17) is 5.11 Å². The molecule has 0 bridgehead atoms. The first-order chi connectivity index (χ1) is 7.09. The van der Waals surface area contributed by atoms with Gasteiger partial charge in [-0.2, -0.15) is 5.10 Å². The van der Waals surface area contributed by atoms with Crippen LogP contribution in [0.15, 0.2) is 0 Å². The molecule has 82 valence electrons. The minimum Gasteiger partial charge on any atom is -0.481 e. The summed E-state index contributed by atoms with van der Waals surface area (Å²) in [4.78, 5) is 10.8. The van der Waals surface area contributed by atoms with E-state index < -0.39 is 5.97 Å². The lowest BCUT2D eigenvalue weighted by molar-refractivity contribution is -0.141.